The van der Waals surface area contributed by atoms with E-state index in [1.165, 1.54) is 6.07 Å². The van der Waals surface area contributed by atoms with Gasteiger partial charge in [-0.1, -0.05) is 6.07 Å². The average molecular weight is 421 g/mol. The van der Waals surface area contributed by atoms with E-state index in [1.54, 1.807) is 36.4 Å². The van der Waals surface area contributed by atoms with Crippen molar-refractivity contribution in [1.82, 2.24) is 10.2 Å². The second kappa shape index (κ2) is 8.39. The number of rotatable bonds is 7. The van der Waals surface area contributed by atoms with Crippen molar-refractivity contribution in [3.05, 3.63) is 59.2 Å². The molecule has 0 aromatic heterocycles. The zero-order valence-electron chi connectivity index (χ0n) is 16.4. The predicted octanol–water partition coefficient (Wildman–Crippen LogP) is 1.39. The molecule has 0 spiro atoms. The molecule has 1 unspecified atom stereocenters. The van der Waals surface area contributed by atoms with E-state index in [-0.39, 0.29) is 30.6 Å². The number of nitrogens with zero attached hydrogens (tertiary/aromatic N) is 1. The Bertz CT molecular complexity index is 1080. The standard InChI is InChI=1S/C22H19N3O6/c26-12-13-4-6-14(7-5-13)31-11-10-23-16-3-1-2-15-19(16)22(30)25(21(15)29)17-8-9-18(27)24-20(17)28/h1-7,12,17,23H,8-11H2,(H,24,27,28). The lowest BCUT2D eigenvalue weighted by atomic mass is 10.0. The van der Waals surface area contributed by atoms with Crippen LogP contribution in [-0.2, 0) is 9.59 Å². The molecule has 0 bridgehead atoms. The fourth-order valence-electron chi connectivity index (χ4n) is 3.66. The molecule has 1 atom stereocenters. The summed E-state index contributed by atoms with van der Waals surface area (Å²) in [5.74, 6) is -1.58. The van der Waals surface area contributed by atoms with Crippen molar-refractivity contribution in [2.24, 2.45) is 0 Å². The topological polar surface area (TPSA) is 122 Å². The normalized spacial score (nSPS) is 17.9. The van der Waals surface area contributed by atoms with E-state index in [9.17, 15) is 24.0 Å². The number of imide groups is 2. The second-order valence-electron chi connectivity index (χ2n) is 7.14. The largest absolute Gasteiger partial charge is 0.492 e. The number of anilines is 1. The van der Waals surface area contributed by atoms with Gasteiger partial charge in [0.25, 0.3) is 11.8 Å². The molecule has 9 nitrogen and oxygen atoms in total. The molecule has 2 aliphatic heterocycles. The molecular formula is C22H19N3O6. The number of benzene rings is 2. The van der Waals surface area contributed by atoms with E-state index in [4.69, 9.17) is 4.74 Å². The molecule has 2 aromatic rings. The Morgan fingerprint density at radius 1 is 1.06 bits per heavy atom. The number of carbonyl (C=O) groups excluding carboxylic acids is 5. The van der Waals surface area contributed by atoms with Crippen LogP contribution in [0.5, 0.6) is 5.75 Å². The maximum atomic E-state index is 13.0. The summed E-state index contributed by atoms with van der Waals surface area (Å²) in [6.45, 7) is 0.634. The summed E-state index contributed by atoms with van der Waals surface area (Å²) in [5, 5.41) is 5.27. The number of piperidine rings is 1. The molecule has 1 fully saturated rings. The lowest BCUT2D eigenvalue weighted by Crippen LogP contribution is -2.54. The Morgan fingerprint density at radius 2 is 1.84 bits per heavy atom. The van der Waals surface area contributed by atoms with Crippen molar-refractivity contribution in [2.75, 3.05) is 18.5 Å². The summed E-state index contributed by atoms with van der Waals surface area (Å²) in [6, 6.07) is 10.5. The number of ether oxygens (including phenoxy) is 1. The summed E-state index contributed by atoms with van der Waals surface area (Å²) in [7, 11) is 0. The van der Waals surface area contributed by atoms with Crippen molar-refractivity contribution in [3.8, 4) is 5.75 Å². The molecule has 0 radical (unpaired) electrons. The summed E-state index contributed by atoms with van der Waals surface area (Å²) in [5.41, 5.74) is 1.43. The van der Waals surface area contributed by atoms with Gasteiger partial charge in [-0.2, -0.15) is 0 Å². The third-order valence-corrected chi connectivity index (χ3v) is 5.17. The molecule has 158 valence electrons. The minimum absolute atomic E-state index is 0.0695. The van der Waals surface area contributed by atoms with Gasteiger partial charge in [-0.15, -0.1) is 0 Å². The van der Waals surface area contributed by atoms with Gasteiger partial charge in [0.2, 0.25) is 11.8 Å². The molecule has 0 aliphatic carbocycles. The van der Waals surface area contributed by atoms with Crippen molar-refractivity contribution in [3.63, 3.8) is 0 Å². The van der Waals surface area contributed by atoms with E-state index in [1.807, 2.05) is 0 Å². The highest BCUT2D eigenvalue weighted by atomic mass is 16.5. The Labute approximate surface area is 177 Å². The van der Waals surface area contributed by atoms with Crippen LogP contribution in [-0.4, -0.2) is 54.0 Å². The van der Waals surface area contributed by atoms with Crippen molar-refractivity contribution in [1.29, 1.82) is 0 Å². The zero-order chi connectivity index (χ0) is 22.0. The summed E-state index contributed by atoms with van der Waals surface area (Å²) >= 11 is 0. The fraction of sp³-hybridized carbons (Fsp3) is 0.227. The smallest absolute Gasteiger partial charge is 0.264 e. The summed E-state index contributed by atoms with van der Waals surface area (Å²) in [4.78, 5) is 61.0. The number of hydrogen-bond donors (Lipinski definition) is 2. The van der Waals surface area contributed by atoms with Gasteiger partial charge in [0.05, 0.1) is 11.1 Å². The molecule has 4 amide bonds. The van der Waals surface area contributed by atoms with Gasteiger partial charge in [-0.25, -0.2) is 0 Å². The number of nitrogens with one attached hydrogen (secondary N) is 2. The average Bonchev–Trinajstić information content (AvgIpc) is 3.03. The number of fused-ring (bicyclic) bond motifs is 1. The van der Waals surface area contributed by atoms with Crippen molar-refractivity contribution >= 4 is 35.6 Å². The van der Waals surface area contributed by atoms with Crippen LogP contribution in [0.4, 0.5) is 5.69 Å². The van der Waals surface area contributed by atoms with Crippen LogP contribution in [0, 0.1) is 0 Å². The van der Waals surface area contributed by atoms with Crippen LogP contribution in [0.15, 0.2) is 42.5 Å². The first-order valence-electron chi connectivity index (χ1n) is 9.76. The van der Waals surface area contributed by atoms with Gasteiger partial charge in [0.1, 0.15) is 24.7 Å². The van der Waals surface area contributed by atoms with E-state index >= 15 is 0 Å². The predicted molar refractivity (Wildman–Crippen MR) is 109 cm³/mol. The maximum Gasteiger partial charge on any atom is 0.264 e. The minimum Gasteiger partial charge on any atom is -0.492 e. The molecule has 0 saturated carbocycles. The number of amides is 4. The van der Waals surface area contributed by atoms with Crippen LogP contribution in [0.3, 0.4) is 0 Å². The third-order valence-electron chi connectivity index (χ3n) is 5.17. The molecule has 2 aromatic carbocycles. The molecule has 2 N–H and O–H groups in total. The SMILES string of the molecule is O=Cc1ccc(OCCNc2cccc3c2C(=O)N(C2CCC(=O)NC2=O)C3=O)cc1. The Balaban J connectivity index is 1.43. The molecule has 2 heterocycles. The molecule has 31 heavy (non-hydrogen) atoms. The number of aldehydes is 1. The highest BCUT2D eigenvalue weighted by molar-refractivity contribution is 6.25. The van der Waals surface area contributed by atoms with Gasteiger partial charge in [-0.3, -0.25) is 34.2 Å². The lowest BCUT2D eigenvalue weighted by Gasteiger charge is -2.27. The Hall–Kier alpha value is -4.01. The first-order chi connectivity index (χ1) is 15.0. The van der Waals surface area contributed by atoms with Crippen LogP contribution < -0.4 is 15.4 Å². The van der Waals surface area contributed by atoms with E-state index in [2.05, 4.69) is 10.6 Å². The van der Waals surface area contributed by atoms with Gasteiger partial charge in [0.15, 0.2) is 0 Å². The Morgan fingerprint density at radius 3 is 2.55 bits per heavy atom. The monoisotopic (exact) mass is 421 g/mol. The molecule has 4 rings (SSSR count). The number of hydrogen-bond acceptors (Lipinski definition) is 7. The van der Waals surface area contributed by atoms with Crippen LogP contribution in [0.1, 0.15) is 43.9 Å². The summed E-state index contributed by atoms with van der Waals surface area (Å²) in [6.07, 6.45) is 0.924. The highest BCUT2D eigenvalue weighted by Crippen LogP contribution is 2.32. The van der Waals surface area contributed by atoms with Crippen LogP contribution >= 0.6 is 0 Å². The molecule has 9 heteroatoms. The van der Waals surface area contributed by atoms with Crippen LogP contribution in [0.2, 0.25) is 0 Å². The highest BCUT2D eigenvalue weighted by Gasteiger charge is 2.45. The van der Waals surface area contributed by atoms with Crippen LogP contribution in [0.25, 0.3) is 0 Å². The van der Waals surface area contributed by atoms with Crippen molar-refractivity contribution < 1.29 is 28.7 Å². The van der Waals surface area contributed by atoms with Gasteiger partial charge >= 0.3 is 0 Å². The fourth-order valence-corrected chi connectivity index (χ4v) is 3.66. The van der Waals surface area contributed by atoms with Crippen molar-refractivity contribution in [2.45, 2.75) is 18.9 Å². The van der Waals surface area contributed by atoms with Gasteiger partial charge in [-0.05, 0) is 42.8 Å². The van der Waals surface area contributed by atoms with Gasteiger partial charge < -0.3 is 10.1 Å². The zero-order valence-corrected chi connectivity index (χ0v) is 16.4. The minimum atomic E-state index is -1.00. The molecule has 2 aliphatic rings. The van der Waals surface area contributed by atoms with E-state index in [0.29, 0.717) is 23.5 Å². The lowest BCUT2D eigenvalue weighted by molar-refractivity contribution is -0.136. The molecule has 1 saturated heterocycles. The van der Waals surface area contributed by atoms with E-state index in [0.717, 1.165) is 11.2 Å². The quantitative estimate of drug-likeness (QED) is 0.394. The second-order valence-corrected chi connectivity index (χ2v) is 7.14. The first-order valence-corrected chi connectivity index (χ1v) is 9.76. The first kappa shape index (κ1) is 20.3. The van der Waals surface area contributed by atoms with E-state index < -0.39 is 29.7 Å². The third kappa shape index (κ3) is 3.89. The number of carbonyl (C=O) groups is 5. The van der Waals surface area contributed by atoms with Gasteiger partial charge in [0, 0.05) is 24.2 Å². The summed E-state index contributed by atoms with van der Waals surface area (Å²) < 4.78 is 5.61. The Kier molecular flexibility index (Phi) is 5.48. The maximum absolute atomic E-state index is 13.0. The molecular weight excluding hydrogens is 402 g/mol.